The molecular weight excluding hydrogens is 208 g/mol. The lowest BCUT2D eigenvalue weighted by Gasteiger charge is -2.10. The second-order valence-corrected chi connectivity index (χ2v) is 3.85. The SMILES string of the molecule is C=C/C(=C\C)c1ccc(CN)c2cnccc12. The first-order chi connectivity index (χ1) is 8.31. The minimum atomic E-state index is 0.529. The van der Waals surface area contributed by atoms with Gasteiger partial charge >= 0.3 is 0 Å². The zero-order valence-electron chi connectivity index (χ0n) is 9.98. The van der Waals surface area contributed by atoms with E-state index in [2.05, 4.69) is 29.8 Å². The Morgan fingerprint density at radius 2 is 2.18 bits per heavy atom. The number of allylic oxidation sites excluding steroid dienone is 3. The molecule has 1 heterocycles. The van der Waals surface area contributed by atoms with Crippen LogP contribution in [0.25, 0.3) is 16.3 Å². The average Bonchev–Trinajstić information content (AvgIpc) is 2.40. The van der Waals surface area contributed by atoms with Gasteiger partial charge < -0.3 is 5.73 Å². The maximum atomic E-state index is 5.74. The van der Waals surface area contributed by atoms with Gasteiger partial charge in [-0.25, -0.2) is 0 Å². The first-order valence-electron chi connectivity index (χ1n) is 5.66. The van der Waals surface area contributed by atoms with E-state index in [1.807, 2.05) is 31.5 Å². The Hall–Kier alpha value is -1.93. The number of pyridine rings is 1. The zero-order chi connectivity index (χ0) is 12.3. The van der Waals surface area contributed by atoms with E-state index in [4.69, 9.17) is 5.73 Å². The molecule has 1 aromatic heterocycles. The monoisotopic (exact) mass is 224 g/mol. The summed E-state index contributed by atoms with van der Waals surface area (Å²) < 4.78 is 0. The summed E-state index contributed by atoms with van der Waals surface area (Å²) in [5.74, 6) is 0. The highest BCUT2D eigenvalue weighted by Gasteiger charge is 2.06. The largest absolute Gasteiger partial charge is 0.326 e. The first-order valence-corrected chi connectivity index (χ1v) is 5.66. The van der Waals surface area contributed by atoms with Crippen molar-refractivity contribution in [2.24, 2.45) is 5.73 Å². The lowest BCUT2D eigenvalue weighted by atomic mass is 9.96. The summed E-state index contributed by atoms with van der Waals surface area (Å²) in [7, 11) is 0. The molecule has 2 aromatic rings. The number of hydrogen-bond donors (Lipinski definition) is 1. The van der Waals surface area contributed by atoms with Crippen LogP contribution in [0.4, 0.5) is 0 Å². The van der Waals surface area contributed by atoms with Gasteiger partial charge in [-0.1, -0.05) is 30.9 Å². The number of nitrogens with zero attached hydrogens (tertiary/aromatic N) is 1. The van der Waals surface area contributed by atoms with Crippen LogP contribution in [-0.2, 0) is 6.54 Å². The molecule has 0 aliphatic carbocycles. The van der Waals surface area contributed by atoms with Crippen molar-refractivity contribution in [2.45, 2.75) is 13.5 Å². The van der Waals surface area contributed by atoms with E-state index in [-0.39, 0.29) is 0 Å². The average molecular weight is 224 g/mol. The van der Waals surface area contributed by atoms with Crippen LogP contribution in [0.1, 0.15) is 18.1 Å². The third kappa shape index (κ3) is 1.99. The van der Waals surface area contributed by atoms with E-state index < -0.39 is 0 Å². The number of rotatable bonds is 3. The number of hydrogen-bond acceptors (Lipinski definition) is 2. The molecule has 2 N–H and O–H groups in total. The minimum absolute atomic E-state index is 0.529. The van der Waals surface area contributed by atoms with Crippen molar-refractivity contribution in [2.75, 3.05) is 0 Å². The highest BCUT2D eigenvalue weighted by atomic mass is 14.6. The molecule has 0 aliphatic heterocycles. The molecule has 1 aromatic carbocycles. The van der Waals surface area contributed by atoms with Crippen LogP contribution >= 0.6 is 0 Å². The highest BCUT2D eigenvalue weighted by molar-refractivity contribution is 5.97. The van der Waals surface area contributed by atoms with E-state index in [9.17, 15) is 0 Å². The third-order valence-electron chi connectivity index (χ3n) is 2.97. The van der Waals surface area contributed by atoms with Crippen LogP contribution in [0.2, 0.25) is 0 Å². The van der Waals surface area contributed by atoms with Crippen molar-refractivity contribution in [1.29, 1.82) is 0 Å². The van der Waals surface area contributed by atoms with E-state index >= 15 is 0 Å². The fourth-order valence-corrected chi connectivity index (χ4v) is 2.06. The van der Waals surface area contributed by atoms with Crippen LogP contribution in [0, 0.1) is 0 Å². The summed E-state index contributed by atoms with van der Waals surface area (Å²) in [5.41, 5.74) is 9.17. The second kappa shape index (κ2) is 4.93. The summed E-state index contributed by atoms with van der Waals surface area (Å²) in [6.45, 7) is 6.39. The standard InChI is InChI=1S/C15H16N2/c1-3-11(4-2)13-6-5-12(9-16)15-10-17-8-7-14(13)15/h3-8,10H,1,9,16H2,2H3/b11-4+. The van der Waals surface area contributed by atoms with Crippen LogP contribution in [-0.4, -0.2) is 4.98 Å². The Balaban J connectivity index is 2.79. The maximum absolute atomic E-state index is 5.74. The first kappa shape index (κ1) is 11.6. The summed E-state index contributed by atoms with van der Waals surface area (Å²) in [6, 6.07) is 6.19. The van der Waals surface area contributed by atoms with E-state index in [0.717, 1.165) is 16.5 Å². The van der Waals surface area contributed by atoms with Crippen molar-refractivity contribution in [3.05, 3.63) is 60.5 Å². The van der Waals surface area contributed by atoms with E-state index in [0.29, 0.717) is 6.54 Å². The molecule has 0 atom stereocenters. The molecule has 2 rings (SSSR count). The van der Waals surface area contributed by atoms with Crippen LogP contribution in [0.5, 0.6) is 0 Å². The second-order valence-electron chi connectivity index (χ2n) is 3.85. The van der Waals surface area contributed by atoms with Crippen LogP contribution in [0.3, 0.4) is 0 Å². The normalized spacial score (nSPS) is 11.8. The predicted molar refractivity (Wildman–Crippen MR) is 73.5 cm³/mol. The minimum Gasteiger partial charge on any atom is -0.326 e. The third-order valence-corrected chi connectivity index (χ3v) is 2.97. The van der Waals surface area contributed by atoms with Crippen molar-refractivity contribution in [3.63, 3.8) is 0 Å². The molecule has 0 amide bonds. The number of benzene rings is 1. The number of nitrogens with two attached hydrogens (primary N) is 1. The molecule has 2 nitrogen and oxygen atoms in total. The summed E-state index contributed by atoms with van der Waals surface area (Å²) in [4.78, 5) is 4.17. The zero-order valence-corrected chi connectivity index (χ0v) is 9.98. The number of fused-ring (bicyclic) bond motifs is 1. The van der Waals surface area contributed by atoms with Gasteiger partial charge in [0.1, 0.15) is 0 Å². The van der Waals surface area contributed by atoms with Crippen LogP contribution in [0.15, 0.2) is 49.3 Å². The molecule has 0 saturated heterocycles. The summed E-state index contributed by atoms with van der Waals surface area (Å²) in [5, 5.41) is 2.30. The fourth-order valence-electron chi connectivity index (χ4n) is 2.06. The molecule has 0 fully saturated rings. The molecule has 86 valence electrons. The van der Waals surface area contributed by atoms with Crippen molar-refractivity contribution >= 4 is 16.3 Å². The Morgan fingerprint density at radius 1 is 1.35 bits per heavy atom. The molecule has 0 spiro atoms. The van der Waals surface area contributed by atoms with E-state index in [1.165, 1.54) is 10.9 Å². The predicted octanol–water partition coefficient (Wildman–Crippen LogP) is 3.28. The molecular formula is C15H16N2. The Bertz CT molecular complexity index is 582. The van der Waals surface area contributed by atoms with Crippen LogP contribution < -0.4 is 5.73 Å². The molecule has 0 saturated carbocycles. The smallest absolute Gasteiger partial charge is 0.0349 e. The van der Waals surface area contributed by atoms with Gasteiger partial charge in [-0.3, -0.25) is 4.98 Å². The number of aromatic nitrogens is 1. The molecule has 0 aliphatic rings. The van der Waals surface area contributed by atoms with Gasteiger partial charge in [0.2, 0.25) is 0 Å². The van der Waals surface area contributed by atoms with Crippen molar-refractivity contribution in [1.82, 2.24) is 4.98 Å². The van der Waals surface area contributed by atoms with E-state index in [1.54, 1.807) is 0 Å². The molecule has 0 unspecified atom stereocenters. The Kier molecular flexibility index (Phi) is 3.35. The van der Waals surface area contributed by atoms with Crippen molar-refractivity contribution in [3.8, 4) is 0 Å². The Labute approximate surface area is 101 Å². The van der Waals surface area contributed by atoms with Gasteiger partial charge in [-0.2, -0.15) is 0 Å². The van der Waals surface area contributed by atoms with Gasteiger partial charge in [0, 0.05) is 24.3 Å². The van der Waals surface area contributed by atoms with Gasteiger partial charge in [0.15, 0.2) is 0 Å². The van der Waals surface area contributed by atoms with Gasteiger partial charge in [-0.15, -0.1) is 0 Å². The summed E-state index contributed by atoms with van der Waals surface area (Å²) >= 11 is 0. The van der Waals surface area contributed by atoms with Gasteiger partial charge in [-0.05, 0) is 35.1 Å². The summed E-state index contributed by atoms with van der Waals surface area (Å²) in [6.07, 6.45) is 7.61. The van der Waals surface area contributed by atoms with Gasteiger partial charge in [0.05, 0.1) is 0 Å². The topological polar surface area (TPSA) is 38.9 Å². The molecule has 2 heteroatoms. The molecule has 17 heavy (non-hydrogen) atoms. The maximum Gasteiger partial charge on any atom is 0.0349 e. The molecule has 0 radical (unpaired) electrons. The lowest BCUT2D eigenvalue weighted by Crippen LogP contribution is -1.98. The van der Waals surface area contributed by atoms with Crippen molar-refractivity contribution < 1.29 is 0 Å². The fraction of sp³-hybridized carbons (Fsp3) is 0.133. The van der Waals surface area contributed by atoms with Gasteiger partial charge in [0.25, 0.3) is 0 Å². The lowest BCUT2D eigenvalue weighted by molar-refractivity contribution is 1.08. The quantitative estimate of drug-likeness (QED) is 0.812. The molecule has 0 bridgehead atoms. The Morgan fingerprint density at radius 3 is 2.82 bits per heavy atom. The highest BCUT2D eigenvalue weighted by Crippen LogP contribution is 2.27.